The third kappa shape index (κ3) is 5.08. The lowest BCUT2D eigenvalue weighted by Gasteiger charge is -2.02. The Balaban J connectivity index is 0.000000258. The van der Waals surface area contributed by atoms with Gasteiger partial charge in [0.25, 0.3) is 0 Å². The number of allylic oxidation sites excluding steroid dienone is 1. The zero-order valence-corrected chi connectivity index (χ0v) is 10.7. The quantitative estimate of drug-likeness (QED) is 0.805. The van der Waals surface area contributed by atoms with E-state index in [-0.39, 0.29) is 0 Å². The molecule has 3 nitrogen and oxygen atoms in total. The van der Waals surface area contributed by atoms with E-state index in [2.05, 4.69) is 0 Å². The van der Waals surface area contributed by atoms with E-state index >= 15 is 0 Å². The fourth-order valence-electron chi connectivity index (χ4n) is 1.48. The van der Waals surface area contributed by atoms with Crippen LogP contribution < -0.4 is 0 Å². The highest BCUT2D eigenvalue weighted by Crippen LogP contribution is 2.27. The van der Waals surface area contributed by atoms with Crippen molar-refractivity contribution in [2.24, 2.45) is 0 Å². The normalized spacial score (nSPS) is 9.74. The minimum atomic E-state index is -0.891. The summed E-state index contributed by atoms with van der Waals surface area (Å²) < 4.78 is 0. The molecule has 0 aliphatic carbocycles. The summed E-state index contributed by atoms with van der Waals surface area (Å²) >= 11 is 0. The molecule has 0 radical (unpaired) electrons. The fraction of sp³-hybridized carbons (Fsp3) is 0.0625. The van der Waals surface area contributed by atoms with Gasteiger partial charge in [-0.3, -0.25) is 0 Å². The molecule has 2 aromatic rings. The van der Waals surface area contributed by atoms with E-state index in [1.165, 1.54) is 6.08 Å². The molecule has 19 heavy (non-hydrogen) atoms. The third-order valence-corrected chi connectivity index (χ3v) is 2.30. The molecule has 0 aliphatic rings. The molecule has 0 saturated carbocycles. The van der Waals surface area contributed by atoms with Crippen LogP contribution in [0, 0.1) is 0 Å². The molecule has 2 aromatic carbocycles. The van der Waals surface area contributed by atoms with Crippen molar-refractivity contribution in [3.8, 4) is 16.9 Å². The van der Waals surface area contributed by atoms with E-state index in [1.807, 2.05) is 48.5 Å². The maximum absolute atomic E-state index is 9.56. The zero-order valence-electron chi connectivity index (χ0n) is 10.7. The summed E-state index contributed by atoms with van der Waals surface area (Å²) in [6.45, 7) is 1.66. The van der Waals surface area contributed by atoms with Crippen molar-refractivity contribution in [3.05, 3.63) is 66.7 Å². The number of carbonyl (C=O) groups is 1. The van der Waals surface area contributed by atoms with Crippen LogP contribution in [-0.4, -0.2) is 16.2 Å². The van der Waals surface area contributed by atoms with Crippen molar-refractivity contribution in [2.75, 3.05) is 0 Å². The van der Waals surface area contributed by atoms with Crippen LogP contribution in [0.2, 0.25) is 0 Å². The van der Waals surface area contributed by atoms with Crippen LogP contribution in [0.15, 0.2) is 66.7 Å². The molecule has 2 N–H and O–H groups in total. The third-order valence-electron chi connectivity index (χ3n) is 2.30. The number of phenols is 1. The number of carboxylic acids is 1. The van der Waals surface area contributed by atoms with Gasteiger partial charge in [0.15, 0.2) is 0 Å². The molecule has 0 aromatic heterocycles. The van der Waals surface area contributed by atoms with Crippen molar-refractivity contribution in [1.82, 2.24) is 0 Å². The summed E-state index contributed by atoms with van der Waals surface area (Å²) in [5.41, 5.74) is 1.92. The molecule has 0 atom stereocenters. The van der Waals surface area contributed by atoms with Crippen molar-refractivity contribution < 1.29 is 15.0 Å². The standard InChI is InChI=1S/C12H10O.C4H6O2/c13-12-9-5-4-8-11(12)10-6-2-1-3-7-10;1-2-3-4(5)6/h1-9,13H;2-3H,1H3,(H,5,6). The molecule has 0 saturated heterocycles. The Morgan fingerprint density at radius 3 is 2.05 bits per heavy atom. The van der Waals surface area contributed by atoms with Gasteiger partial charge in [0.05, 0.1) is 0 Å². The monoisotopic (exact) mass is 256 g/mol. The second kappa shape index (κ2) is 7.71. The lowest BCUT2D eigenvalue weighted by molar-refractivity contribution is -0.131. The largest absolute Gasteiger partial charge is 0.507 e. The number of phenolic OH excluding ortho intramolecular Hbond substituents is 1. The number of aliphatic carboxylic acids is 1. The number of aromatic hydroxyl groups is 1. The zero-order chi connectivity index (χ0) is 14.1. The number of benzene rings is 2. The van der Waals surface area contributed by atoms with Crippen molar-refractivity contribution >= 4 is 5.97 Å². The molecule has 0 aliphatic heterocycles. The van der Waals surface area contributed by atoms with Gasteiger partial charge >= 0.3 is 5.97 Å². The number of rotatable bonds is 2. The molecule has 2 rings (SSSR count). The first-order valence-corrected chi connectivity index (χ1v) is 5.84. The molecule has 98 valence electrons. The van der Waals surface area contributed by atoms with E-state index < -0.39 is 5.97 Å². The number of para-hydroxylation sites is 1. The lowest BCUT2D eigenvalue weighted by Crippen LogP contribution is -1.83. The molecular weight excluding hydrogens is 240 g/mol. The van der Waals surface area contributed by atoms with E-state index in [0.29, 0.717) is 5.75 Å². The van der Waals surface area contributed by atoms with E-state index in [0.717, 1.165) is 17.2 Å². The van der Waals surface area contributed by atoms with E-state index in [9.17, 15) is 9.90 Å². The molecule has 0 fully saturated rings. The first kappa shape index (κ1) is 14.5. The predicted octanol–water partition coefficient (Wildman–Crippen LogP) is 3.71. The summed E-state index contributed by atoms with van der Waals surface area (Å²) in [6.07, 6.45) is 2.56. The SMILES string of the molecule is CC=CC(=O)O.Oc1ccccc1-c1ccccc1. The van der Waals surface area contributed by atoms with Crippen LogP contribution in [0.3, 0.4) is 0 Å². The summed E-state index contributed by atoms with van der Waals surface area (Å²) in [5.74, 6) is -0.564. The molecule has 0 spiro atoms. The van der Waals surface area contributed by atoms with Gasteiger partial charge in [-0.15, -0.1) is 0 Å². The highest BCUT2D eigenvalue weighted by Gasteiger charge is 2.00. The maximum Gasteiger partial charge on any atom is 0.327 e. The summed E-state index contributed by atoms with van der Waals surface area (Å²) in [6, 6.07) is 17.2. The Bertz CT molecular complexity index is 545. The maximum atomic E-state index is 9.56. The summed E-state index contributed by atoms with van der Waals surface area (Å²) in [5, 5.41) is 17.4. The molecule has 0 unspecified atom stereocenters. The molecular formula is C16H16O3. The van der Waals surface area contributed by atoms with Crippen LogP contribution >= 0.6 is 0 Å². The van der Waals surface area contributed by atoms with Crippen LogP contribution in [-0.2, 0) is 4.79 Å². The minimum absolute atomic E-state index is 0.328. The first-order valence-electron chi connectivity index (χ1n) is 5.84. The Kier molecular flexibility index (Phi) is 5.89. The van der Waals surface area contributed by atoms with Crippen LogP contribution in [0.1, 0.15) is 6.92 Å². The van der Waals surface area contributed by atoms with E-state index in [4.69, 9.17) is 5.11 Å². The topological polar surface area (TPSA) is 57.5 Å². The summed E-state index contributed by atoms with van der Waals surface area (Å²) in [7, 11) is 0. The van der Waals surface area contributed by atoms with Crippen LogP contribution in [0.4, 0.5) is 0 Å². The van der Waals surface area contributed by atoms with Gasteiger partial charge in [-0.1, -0.05) is 54.6 Å². The van der Waals surface area contributed by atoms with Crippen LogP contribution in [0.5, 0.6) is 5.75 Å². The van der Waals surface area contributed by atoms with Crippen molar-refractivity contribution in [1.29, 1.82) is 0 Å². The summed E-state index contributed by atoms with van der Waals surface area (Å²) in [4.78, 5) is 9.51. The lowest BCUT2D eigenvalue weighted by atomic mass is 10.1. The van der Waals surface area contributed by atoms with Gasteiger partial charge in [-0.2, -0.15) is 0 Å². The number of carboxylic acid groups (broad SMARTS) is 1. The highest BCUT2D eigenvalue weighted by atomic mass is 16.4. The molecule has 0 bridgehead atoms. The van der Waals surface area contributed by atoms with Gasteiger partial charge in [-0.05, 0) is 18.6 Å². The molecule has 0 heterocycles. The average Bonchev–Trinajstić information content (AvgIpc) is 2.41. The minimum Gasteiger partial charge on any atom is -0.507 e. The Morgan fingerprint density at radius 2 is 1.58 bits per heavy atom. The molecule has 3 heteroatoms. The van der Waals surface area contributed by atoms with Gasteiger partial charge in [0.2, 0.25) is 0 Å². The molecule has 0 amide bonds. The number of hydrogen-bond donors (Lipinski definition) is 2. The first-order chi connectivity index (χ1) is 9.15. The van der Waals surface area contributed by atoms with Gasteiger partial charge < -0.3 is 10.2 Å². The van der Waals surface area contributed by atoms with Crippen molar-refractivity contribution in [2.45, 2.75) is 6.92 Å². The predicted molar refractivity (Wildman–Crippen MR) is 76.0 cm³/mol. The van der Waals surface area contributed by atoms with Crippen LogP contribution in [0.25, 0.3) is 11.1 Å². The van der Waals surface area contributed by atoms with E-state index in [1.54, 1.807) is 13.0 Å². The fourth-order valence-corrected chi connectivity index (χ4v) is 1.48. The van der Waals surface area contributed by atoms with Gasteiger partial charge in [0.1, 0.15) is 5.75 Å². The Morgan fingerprint density at radius 1 is 1.00 bits per heavy atom. The number of hydrogen-bond acceptors (Lipinski definition) is 2. The highest BCUT2D eigenvalue weighted by molar-refractivity contribution is 5.79. The second-order valence-electron chi connectivity index (χ2n) is 3.72. The Labute approximate surface area is 112 Å². The van der Waals surface area contributed by atoms with Gasteiger partial charge in [-0.25, -0.2) is 4.79 Å². The van der Waals surface area contributed by atoms with Crippen molar-refractivity contribution in [3.63, 3.8) is 0 Å². The smallest absolute Gasteiger partial charge is 0.327 e. The van der Waals surface area contributed by atoms with Gasteiger partial charge in [0, 0.05) is 11.6 Å². The Hall–Kier alpha value is -2.55. The second-order valence-corrected chi connectivity index (χ2v) is 3.72. The average molecular weight is 256 g/mol.